The number of rotatable bonds is 6. The maximum Gasteiger partial charge on any atom is 0.121 e. The fourth-order valence-electron chi connectivity index (χ4n) is 2.51. The number of ether oxygens (including phenoxy) is 1. The minimum atomic E-state index is -0.205. The first kappa shape index (κ1) is 13.9. The van der Waals surface area contributed by atoms with Crippen molar-refractivity contribution in [2.45, 2.75) is 51.1 Å². The van der Waals surface area contributed by atoms with Crippen molar-refractivity contribution in [3.05, 3.63) is 29.8 Å². The van der Waals surface area contributed by atoms with Gasteiger partial charge >= 0.3 is 0 Å². The summed E-state index contributed by atoms with van der Waals surface area (Å²) in [5.41, 5.74) is 1.03. The maximum absolute atomic E-state index is 9.31. The van der Waals surface area contributed by atoms with Crippen molar-refractivity contribution < 1.29 is 4.74 Å². The Kier molecular flexibility index (Phi) is 5.23. The first-order valence-corrected chi connectivity index (χ1v) is 7.22. The lowest BCUT2D eigenvalue weighted by Gasteiger charge is -2.17. The van der Waals surface area contributed by atoms with Gasteiger partial charge in [0.15, 0.2) is 0 Å². The molecule has 0 aromatic heterocycles. The van der Waals surface area contributed by atoms with Crippen molar-refractivity contribution in [1.29, 1.82) is 5.26 Å². The second kappa shape index (κ2) is 7.16. The second-order valence-electron chi connectivity index (χ2n) is 5.13. The van der Waals surface area contributed by atoms with E-state index in [1.807, 2.05) is 24.3 Å². The molecule has 1 saturated carbocycles. The SMILES string of the molecule is CCCOc1ccc(C(C#N)NC2CCCC2)cc1. The third-order valence-electron chi connectivity index (χ3n) is 3.57. The minimum absolute atomic E-state index is 0.205. The second-order valence-corrected chi connectivity index (χ2v) is 5.13. The van der Waals surface area contributed by atoms with E-state index < -0.39 is 0 Å². The zero-order valence-corrected chi connectivity index (χ0v) is 11.6. The molecule has 1 N–H and O–H groups in total. The third-order valence-corrected chi connectivity index (χ3v) is 3.57. The van der Waals surface area contributed by atoms with Crippen LogP contribution in [0.5, 0.6) is 5.75 Å². The standard InChI is InChI=1S/C16H22N2O/c1-2-11-19-15-9-7-13(8-10-15)16(12-17)18-14-5-3-4-6-14/h7-10,14,16,18H,2-6,11H2,1H3. The summed E-state index contributed by atoms with van der Waals surface area (Å²) < 4.78 is 5.55. The normalized spacial score (nSPS) is 17.1. The zero-order chi connectivity index (χ0) is 13.5. The molecule has 1 aromatic rings. The van der Waals surface area contributed by atoms with Gasteiger partial charge in [-0.3, -0.25) is 5.32 Å². The monoisotopic (exact) mass is 258 g/mol. The Morgan fingerprint density at radius 2 is 2.00 bits per heavy atom. The van der Waals surface area contributed by atoms with Crippen LogP contribution in [-0.2, 0) is 0 Å². The summed E-state index contributed by atoms with van der Waals surface area (Å²) in [4.78, 5) is 0. The number of nitriles is 1. The molecule has 0 radical (unpaired) electrons. The molecule has 1 aliphatic carbocycles. The number of nitrogens with one attached hydrogen (secondary N) is 1. The van der Waals surface area contributed by atoms with Gasteiger partial charge in [0.1, 0.15) is 11.8 Å². The molecule has 0 spiro atoms. The molecule has 0 bridgehead atoms. The van der Waals surface area contributed by atoms with Crippen LogP contribution in [0.15, 0.2) is 24.3 Å². The lowest BCUT2D eigenvalue weighted by Crippen LogP contribution is -2.29. The smallest absolute Gasteiger partial charge is 0.121 e. The Morgan fingerprint density at radius 1 is 1.32 bits per heavy atom. The fourth-order valence-corrected chi connectivity index (χ4v) is 2.51. The topological polar surface area (TPSA) is 45.0 Å². The molecule has 0 saturated heterocycles. The van der Waals surface area contributed by atoms with Crippen LogP contribution in [0.1, 0.15) is 50.6 Å². The lowest BCUT2D eigenvalue weighted by molar-refractivity contribution is 0.317. The average molecular weight is 258 g/mol. The van der Waals surface area contributed by atoms with E-state index in [0.717, 1.165) is 24.3 Å². The van der Waals surface area contributed by atoms with Gasteiger partial charge in [-0.05, 0) is 37.0 Å². The highest BCUT2D eigenvalue weighted by molar-refractivity contribution is 5.31. The van der Waals surface area contributed by atoms with Crippen molar-refractivity contribution in [3.63, 3.8) is 0 Å². The van der Waals surface area contributed by atoms with Crippen LogP contribution >= 0.6 is 0 Å². The molecular formula is C16H22N2O. The number of nitrogens with zero attached hydrogens (tertiary/aromatic N) is 1. The lowest BCUT2D eigenvalue weighted by atomic mass is 10.1. The summed E-state index contributed by atoms with van der Waals surface area (Å²) in [6, 6.07) is 10.5. The summed E-state index contributed by atoms with van der Waals surface area (Å²) in [6.45, 7) is 2.83. The Labute approximate surface area is 115 Å². The van der Waals surface area contributed by atoms with Gasteiger partial charge in [-0.25, -0.2) is 0 Å². The Balaban J connectivity index is 1.96. The van der Waals surface area contributed by atoms with Gasteiger partial charge in [0, 0.05) is 6.04 Å². The maximum atomic E-state index is 9.31. The van der Waals surface area contributed by atoms with Crippen molar-refractivity contribution in [2.75, 3.05) is 6.61 Å². The molecule has 0 amide bonds. The summed E-state index contributed by atoms with van der Waals surface area (Å²) in [5, 5.41) is 12.7. The first-order valence-electron chi connectivity index (χ1n) is 7.22. The van der Waals surface area contributed by atoms with Gasteiger partial charge in [-0.2, -0.15) is 5.26 Å². The van der Waals surface area contributed by atoms with Gasteiger partial charge in [-0.1, -0.05) is 31.9 Å². The Hall–Kier alpha value is -1.53. The Bertz CT molecular complexity index is 415. The van der Waals surface area contributed by atoms with E-state index in [9.17, 15) is 5.26 Å². The molecule has 3 heteroatoms. The van der Waals surface area contributed by atoms with E-state index in [1.165, 1.54) is 25.7 Å². The molecule has 1 aromatic carbocycles. The number of hydrogen-bond donors (Lipinski definition) is 1. The van der Waals surface area contributed by atoms with Crippen molar-refractivity contribution in [3.8, 4) is 11.8 Å². The van der Waals surface area contributed by atoms with Crippen LogP contribution in [0.4, 0.5) is 0 Å². The average Bonchev–Trinajstić information content (AvgIpc) is 2.96. The molecule has 0 aliphatic heterocycles. The highest BCUT2D eigenvalue weighted by Gasteiger charge is 2.19. The fraction of sp³-hybridized carbons (Fsp3) is 0.562. The van der Waals surface area contributed by atoms with Gasteiger partial charge in [0.25, 0.3) is 0 Å². The molecule has 19 heavy (non-hydrogen) atoms. The van der Waals surface area contributed by atoms with E-state index in [0.29, 0.717) is 6.04 Å². The molecule has 102 valence electrons. The first-order chi connectivity index (χ1) is 9.33. The highest BCUT2D eigenvalue weighted by Crippen LogP contribution is 2.23. The molecule has 3 nitrogen and oxygen atoms in total. The van der Waals surface area contributed by atoms with E-state index in [2.05, 4.69) is 18.3 Å². The van der Waals surface area contributed by atoms with Crippen molar-refractivity contribution in [2.24, 2.45) is 0 Å². The van der Waals surface area contributed by atoms with Crippen molar-refractivity contribution >= 4 is 0 Å². The van der Waals surface area contributed by atoms with Crippen LogP contribution in [0.2, 0.25) is 0 Å². The van der Waals surface area contributed by atoms with Gasteiger partial charge < -0.3 is 4.74 Å². The van der Waals surface area contributed by atoms with Crippen LogP contribution in [0.25, 0.3) is 0 Å². The van der Waals surface area contributed by atoms with E-state index >= 15 is 0 Å². The van der Waals surface area contributed by atoms with E-state index in [-0.39, 0.29) is 6.04 Å². The molecule has 1 fully saturated rings. The summed E-state index contributed by atoms with van der Waals surface area (Å²) in [7, 11) is 0. The van der Waals surface area contributed by atoms with Crippen LogP contribution in [0.3, 0.4) is 0 Å². The van der Waals surface area contributed by atoms with E-state index in [1.54, 1.807) is 0 Å². The van der Waals surface area contributed by atoms with Crippen molar-refractivity contribution in [1.82, 2.24) is 5.32 Å². The molecular weight excluding hydrogens is 236 g/mol. The predicted octanol–water partition coefficient (Wildman–Crippen LogP) is 3.57. The molecule has 0 heterocycles. The molecule has 1 atom stereocenters. The van der Waals surface area contributed by atoms with Crippen LogP contribution < -0.4 is 10.1 Å². The largest absolute Gasteiger partial charge is 0.494 e. The predicted molar refractivity (Wildman–Crippen MR) is 76.0 cm³/mol. The summed E-state index contributed by atoms with van der Waals surface area (Å²) in [5.74, 6) is 0.878. The van der Waals surface area contributed by atoms with Gasteiger partial charge in [-0.15, -0.1) is 0 Å². The summed E-state index contributed by atoms with van der Waals surface area (Å²) >= 11 is 0. The number of benzene rings is 1. The highest BCUT2D eigenvalue weighted by atomic mass is 16.5. The minimum Gasteiger partial charge on any atom is -0.494 e. The van der Waals surface area contributed by atoms with Gasteiger partial charge in [0.05, 0.1) is 12.7 Å². The van der Waals surface area contributed by atoms with Crippen LogP contribution in [0, 0.1) is 11.3 Å². The molecule has 1 aliphatic rings. The summed E-state index contributed by atoms with van der Waals surface area (Å²) in [6.07, 6.45) is 5.94. The van der Waals surface area contributed by atoms with Crippen LogP contribution in [-0.4, -0.2) is 12.6 Å². The molecule has 1 unspecified atom stereocenters. The quantitative estimate of drug-likeness (QED) is 0.848. The van der Waals surface area contributed by atoms with E-state index in [4.69, 9.17) is 4.74 Å². The zero-order valence-electron chi connectivity index (χ0n) is 11.6. The Morgan fingerprint density at radius 3 is 2.58 bits per heavy atom. The third kappa shape index (κ3) is 3.97. The molecule has 2 rings (SSSR count). The van der Waals surface area contributed by atoms with Gasteiger partial charge in [0.2, 0.25) is 0 Å². The number of hydrogen-bond acceptors (Lipinski definition) is 3.